The molecule has 1 aliphatic rings. The second-order valence-electron chi connectivity index (χ2n) is 6.49. The number of benzene rings is 2. The summed E-state index contributed by atoms with van der Waals surface area (Å²) < 4.78 is 0. The number of nitro groups is 1. The van der Waals surface area contributed by atoms with Crippen LogP contribution in [-0.2, 0) is 0 Å². The summed E-state index contributed by atoms with van der Waals surface area (Å²) in [6.07, 6.45) is -0.717. The molecule has 132 valence electrons. The molecule has 1 N–H and O–H groups in total. The van der Waals surface area contributed by atoms with Crippen molar-refractivity contribution in [1.82, 2.24) is 4.90 Å². The number of rotatable bonds is 5. The van der Waals surface area contributed by atoms with Crippen molar-refractivity contribution < 1.29 is 10.0 Å². The zero-order chi connectivity index (χ0) is 17.8. The van der Waals surface area contributed by atoms with Crippen LogP contribution in [0.5, 0.6) is 0 Å². The predicted molar refractivity (Wildman–Crippen MR) is 97.9 cm³/mol. The van der Waals surface area contributed by atoms with E-state index in [0.29, 0.717) is 12.1 Å². The van der Waals surface area contributed by atoms with Crippen LogP contribution in [0.25, 0.3) is 0 Å². The van der Waals surface area contributed by atoms with E-state index < -0.39 is 11.0 Å². The smallest absolute Gasteiger partial charge is 0.269 e. The number of aliphatic hydroxyl groups excluding tert-OH is 1. The molecular weight excluding hydrogens is 318 g/mol. The summed E-state index contributed by atoms with van der Waals surface area (Å²) in [4.78, 5) is 15.0. The van der Waals surface area contributed by atoms with Crippen LogP contribution in [0.3, 0.4) is 0 Å². The fourth-order valence-corrected chi connectivity index (χ4v) is 3.21. The van der Waals surface area contributed by atoms with Gasteiger partial charge in [-0.1, -0.05) is 24.3 Å². The molecule has 0 spiro atoms. The van der Waals surface area contributed by atoms with Gasteiger partial charge in [-0.25, -0.2) is 0 Å². The molecule has 3 rings (SSSR count). The van der Waals surface area contributed by atoms with Gasteiger partial charge in [0.2, 0.25) is 0 Å². The van der Waals surface area contributed by atoms with Crippen LogP contribution < -0.4 is 4.90 Å². The van der Waals surface area contributed by atoms with E-state index in [2.05, 4.69) is 41.0 Å². The number of hydrogen-bond acceptors (Lipinski definition) is 5. The minimum atomic E-state index is -0.717. The molecule has 6 heteroatoms. The van der Waals surface area contributed by atoms with Gasteiger partial charge in [-0.05, 0) is 30.2 Å². The minimum Gasteiger partial charge on any atom is -0.387 e. The lowest BCUT2D eigenvalue weighted by atomic mass is 10.1. The molecule has 1 aliphatic heterocycles. The Kier molecular flexibility index (Phi) is 5.31. The zero-order valence-electron chi connectivity index (χ0n) is 14.3. The molecule has 0 radical (unpaired) electrons. The van der Waals surface area contributed by atoms with Crippen LogP contribution in [-0.4, -0.2) is 47.7 Å². The third-order valence-corrected chi connectivity index (χ3v) is 4.64. The van der Waals surface area contributed by atoms with E-state index in [9.17, 15) is 15.2 Å². The first-order valence-electron chi connectivity index (χ1n) is 8.49. The van der Waals surface area contributed by atoms with Gasteiger partial charge in [-0.2, -0.15) is 0 Å². The topological polar surface area (TPSA) is 69.8 Å². The summed E-state index contributed by atoms with van der Waals surface area (Å²) in [5.41, 5.74) is 3.09. The number of nitrogens with zero attached hydrogens (tertiary/aromatic N) is 3. The summed E-state index contributed by atoms with van der Waals surface area (Å²) >= 11 is 0. The number of hydrogen-bond donors (Lipinski definition) is 1. The normalized spacial score (nSPS) is 16.6. The van der Waals surface area contributed by atoms with Crippen molar-refractivity contribution in [3.05, 3.63) is 69.8 Å². The van der Waals surface area contributed by atoms with Crippen molar-refractivity contribution in [2.75, 3.05) is 37.6 Å². The van der Waals surface area contributed by atoms with E-state index in [1.165, 1.54) is 23.4 Å². The lowest BCUT2D eigenvalue weighted by molar-refractivity contribution is -0.385. The SMILES string of the molecule is Cc1cccc(N2CCN(CC(O)c3cccc([N+](=O)[O-])c3)CC2)c1. The van der Waals surface area contributed by atoms with Crippen LogP contribution >= 0.6 is 0 Å². The molecule has 2 aromatic rings. The number of piperazine rings is 1. The van der Waals surface area contributed by atoms with Crippen molar-refractivity contribution in [1.29, 1.82) is 0 Å². The number of nitro benzene ring substituents is 1. The van der Waals surface area contributed by atoms with E-state index in [-0.39, 0.29) is 5.69 Å². The first kappa shape index (κ1) is 17.4. The second-order valence-corrected chi connectivity index (χ2v) is 6.49. The summed E-state index contributed by atoms with van der Waals surface area (Å²) in [6, 6.07) is 14.7. The number of aliphatic hydroxyl groups is 1. The molecule has 2 aromatic carbocycles. The van der Waals surface area contributed by atoms with Gasteiger partial charge in [0.25, 0.3) is 5.69 Å². The Bertz CT molecular complexity index is 742. The first-order valence-corrected chi connectivity index (χ1v) is 8.49. The molecule has 0 saturated carbocycles. The Morgan fingerprint density at radius 1 is 1.12 bits per heavy atom. The Morgan fingerprint density at radius 3 is 2.52 bits per heavy atom. The maximum Gasteiger partial charge on any atom is 0.269 e. The van der Waals surface area contributed by atoms with Crippen LogP contribution in [0.15, 0.2) is 48.5 Å². The highest BCUT2D eigenvalue weighted by Crippen LogP contribution is 2.22. The van der Waals surface area contributed by atoms with Crippen LogP contribution in [0.2, 0.25) is 0 Å². The monoisotopic (exact) mass is 341 g/mol. The minimum absolute atomic E-state index is 0.0146. The summed E-state index contributed by atoms with van der Waals surface area (Å²) in [7, 11) is 0. The quantitative estimate of drug-likeness (QED) is 0.669. The van der Waals surface area contributed by atoms with Gasteiger partial charge in [-0.3, -0.25) is 15.0 Å². The van der Waals surface area contributed by atoms with E-state index in [1.54, 1.807) is 12.1 Å². The fraction of sp³-hybridized carbons (Fsp3) is 0.368. The number of β-amino-alcohol motifs (C(OH)–C–C–N with tert-alkyl or cyclic N) is 1. The summed E-state index contributed by atoms with van der Waals surface area (Å²) in [5.74, 6) is 0. The van der Waals surface area contributed by atoms with E-state index in [4.69, 9.17) is 0 Å². The number of non-ortho nitro benzene ring substituents is 1. The zero-order valence-corrected chi connectivity index (χ0v) is 14.3. The Labute approximate surface area is 147 Å². The van der Waals surface area contributed by atoms with Crippen molar-refractivity contribution >= 4 is 11.4 Å². The molecular formula is C19H23N3O3. The maximum absolute atomic E-state index is 10.9. The predicted octanol–water partition coefficient (Wildman–Crippen LogP) is 2.76. The average molecular weight is 341 g/mol. The van der Waals surface area contributed by atoms with Gasteiger partial charge in [-0.15, -0.1) is 0 Å². The summed E-state index contributed by atoms with van der Waals surface area (Å²) in [6.45, 7) is 6.12. The molecule has 1 fully saturated rings. The third-order valence-electron chi connectivity index (χ3n) is 4.64. The first-order chi connectivity index (χ1) is 12.0. The average Bonchev–Trinajstić information content (AvgIpc) is 2.62. The van der Waals surface area contributed by atoms with Crippen LogP contribution in [0.1, 0.15) is 17.2 Å². The lowest BCUT2D eigenvalue weighted by Gasteiger charge is -2.37. The van der Waals surface area contributed by atoms with Gasteiger partial charge in [0.1, 0.15) is 0 Å². The molecule has 6 nitrogen and oxygen atoms in total. The largest absolute Gasteiger partial charge is 0.387 e. The maximum atomic E-state index is 10.9. The molecule has 1 atom stereocenters. The van der Waals surface area contributed by atoms with Gasteiger partial charge in [0.05, 0.1) is 11.0 Å². The Balaban J connectivity index is 1.57. The Morgan fingerprint density at radius 2 is 1.84 bits per heavy atom. The summed E-state index contributed by atoms with van der Waals surface area (Å²) in [5, 5.41) is 21.3. The van der Waals surface area contributed by atoms with Crippen molar-refractivity contribution in [2.24, 2.45) is 0 Å². The number of aryl methyl sites for hydroxylation is 1. The van der Waals surface area contributed by atoms with Crippen molar-refractivity contribution in [3.63, 3.8) is 0 Å². The molecule has 0 aliphatic carbocycles. The van der Waals surface area contributed by atoms with Gasteiger partial charge in [0.15, 0.2) is 0 Å². The van der Waals surface area contributed by atoms with Crippen molar-refractivity contribution in [2.45, 2.75) is 13.0 Å². The van der Waals surface area contributed by atoms with Crippen LogP contribution in [0, 0.1) is 17.0 Å². The Hall–Kier alpha value is -2.44. The lowest BCUT2D eigenvalue weighted by Crippen LogP contribution is -2.47. The van der Waals surface area contributed by atoms with Gasteiger partial charge >= 0.3 is 0 Å². The third kappa shape index (κ3) is 4.35. The standard InChI is InChI=1S/C19H23N3O3/c1-15-4-2-6-17(12-15)21-10-8-20(9-11-21)14-19(23)16-5-3-7-18(13-16)22(24)25/h2-7,12-13,19,23H,8-11,14H2,1H3. The van der Waals surface area contributed by atoms with Gasteiger partial charge in [0, 0.05) is 50.5 Å². The van der Waals surface area contributed by atoms with E-state index >= 15 is 0 Å². The second kappa shape index (κ2) is 7.63. The molecule has 1 saturated heterocycles. The molecule has 25 heavy (non-hydrogen) atoms. The van der Waals surface area contributed by atoms with Crippen LogP contribution in [0.4, 0.5) is 11.4 Å². The van der Waals surface area contributed by atoms with E-state index in [0.717, 1.165) is 26.2 Å². The molecule has 0 bridgehead atoms. The number of anilines is 1. The molecule has 1 heterocycles. The van der Waals surface area contributed by atoms with E-state index in [1.807, 2.05) is 0 Å². The van der Waals surface area contributed by atoms with Gasteiger partial charge < -0.3 is 10.0 Å². The fourth-order valence-electron chi connectivity index (χ4n) is 3.21. The molecule has 0 amide bonds. The van der Waals surface area contributed by atoms with Crippen molar-refractivity contribution in [3.8, 4) is 0 Å². The highest BCUT2D eigenvalue weighted by atomic mass is 16.6. The molecule has 0 aromatic heterocycles. The highest BCUT2D eigenvalue weighted by Gasteiger charge is 2.21. The highest BCUT2D eigenvalue weighted by molar-refractivity contribution is 5.48. The molecule has 1 unspecified atom stereocenters.